The van der Waals surface area contributed by atoms with Crippen molar-refractivity contribution in [3.63, 3.8) is 0 Å². The van der Waals surface area contributed by atoms with E-state index in [4.69, 9.17) is 4.74 Å². The molecule has 0 aliphatic rings. The molecule has 1 aromatic carbocycles. The molecule has 0 saturated carbocycles. The summed E-state index contributed by atoms with van der Waals surface area (Å²) in [5.74, 6) is 1.60. The highest BCUT2D eigenvalue weighted by Crippen LogP contribution is 2.26. The summed E-state index contributed by atoms with van der Waals surface area (Å²) in [4.78, 5) is 13.4. The minimum Gasteiger partial charge on any atom is -0.486 e. The van der Waals surface area contributed by atoms with Crippen LogP contribution in [0.15, 0.2) is 60.1 Å². The van der Waals surface area contributed by atoms with Gasteiger partial charge in [-0.05, 0) is 29.6 Å². The fourth-order valence-corrected chi connectivity index (χ4v) is 2.97. The van der Waals surface area contributed by atoms with Crippen molar-refractivity contribution in [1.82, 2.24) is 15.0 Å². The number of hydrogen-bond donors (Lipinski definition) is 1. The smallest absolute Gasteiger partial charge is 0.177 e. The second-order valence-electron chi connectivity index (χ2n) is 4.86. The van der Waals surface area contributed by atoms with E-state index < -0.39 is 0 Å². The molecule has 4 nitrogen and oxygen atoms in total. The van der Waals surface area contributed by atoms with Crippen molar-refractivity contribution in [2.45, 2.75) is 6.61 Å². The Bertz CT molecular complexity index is 885. The van der Waals surface area contributed by atoms with Crippen LogP contribution in [0, 0.1) is 0 Å². The second-order valence-corrected chi connectivity index (χ2v) is 5.81. The number of nitrogens with zero attached hydrogens (tertiary/aromatic N) is 2. The summed E-state index contributed by atoms with van der Waals surface area (Å²) in [5, 5.41) is 2.06. The summed E-state index contributed by atoms with van der Waals surface area (Å²) in [6, 6.07) is 15.9. The van der Waals surface area contributed by atoms with Gasteiger partial charge in [-0.25, -0.2) is 9.97 Å². The number of thiophene rings is 1. The Balaban J connectivity index is 1.58. The summed E-state index contributed by atoms with van der Waals surface area (Å²) < 4.78 is 5.70. The van der Waals surface area contributed by atoms with Crippen molar-refractivity contribution in [3.05, 3.63) is 65.9 Å². The molecule has 22 heavy (non-hydrogen) atoms. The number of hydrogen-bond acceptors (Lipinski definition) is 4. The first-order valence-corrected chi connectivity index (χ1v) is 7.83. The molecular formula is C17H13N3OS. The van der Waals surface area contributed by atoms with Gasteiger partial charge in [0.05, 0.1) is 5.52 Å². The molecule has 4 aromatic rings. The number of para-hydroxylation sites is 1. The van der Waals surface area contributed by atoms with E-state index in [2.05, 4.69) is 32.5 Å². The lowest BCUT2D eigenvalue weighted by Crippen LogP contribution is -1.96. The second kappa shape index (κ2) is 5.61. The van der Waals surface area contributed by atoms with E-state index in [1.807, 2.05) is 42.6 Å². The van der Waals surface area contributed by atoms with E-state index in [1.165, 1.54) is 4.88 Å². The van der Waals surface area contributed by atoms with Crippen molar-refractivity contribution < 1.29 is 4.74 Å². The number of H-pyrrole nitrogens is 1. The molecule has 5 heteroatoms. The average molecular weight is 307 g/mol. The lowest BCUT2D eigenvalue weighted by atomic mass is 10.2. The molecule has 0 saturated heterocycles. The summed E-state index contributed by atoms with van der Waals surface area (Å²) in [5.41, 5.74) is 2.74. The van der Waals surface area contributed by atoms with Crippen LogP contribution in [0.3, 0.4) is 0 Å². The largest absolute Gasteiger partial charge is 0.486 e. The molecule has 0 radical (unpaired) electrons. The van der Waals surface area contributed by atoms with E-state index in [0.29, 0.717) is 12.3 Å². The summed E-state index contributed by atoms with van der Waals surface area (Å²) in [7, 11) is 0. The number of benzene rings is 1. The molecule has 0 fully saturated rings. The van der Waals surface area contributed by atoms with Crippen LogP contribution in [0.1, 0.15) is 5.82 Å². The minimum atomic E-state index is 0.398. The van der Waals surface area contributed by atoms with Crippen LogP contribution in [-0.4, -0.2) is 15.0 Å². The van der Waals surface area contributed by atoms with Gasteiger partial charge < -0.3 is 9.72 Å². The molecule has 0 amide bonds. The zero-order valence-electron chi connectivity index (χ0n) is 11.7. The maximum atomic E-state index is 5.70. The third-order valence-corrected chi connectivity index (χ3v) is 4.23. The first kappa shape index (κ1) is 13.0. The van der Waals surface area contributed by atoms with Crippen molar-refractivity contribution in [3.8, 4) is 16.2 Å². The van der Waals surface area contributed by atoms with Crippen LogP contribution in [0.25, 0.3) is 21.6 Å². The van der Waals surface area contributed by atoms with Crippen molar-refractivity contribution in [2.24, 2.45) is 0 Å². The topological polar surface area (TPSA) is 50.8 Å². The number of ether oxygens (including phenoxy) is 1. The molecule has 0 unspecified atom stereocenters. The Morgan fingerprint density at radius 1 is 1.09 bits per heavy atom. The van der Waals surface area contributed by atoms with Crippen LogP contribution in [-0.2, 0) is 6.61 Å². The van der Waals surface area contributed by atoms with E-state index in [0.717, 1.165) is 22.7 Å². The first-order chi connectivity index (χ1) is 10.9. The Labute approximate surface area is 131 Å². The number of pyridine rings is 1. The van der Waals surface area contributed by atoms with Crippen LogP contribution >= 0.6 is 11.3 Å². The summed E-state index contributed by atoms with van der Waals surface area (Å²) >= 11 is 1.70. The Hall–Kier alpha value is -2.66. The van der Waals surface area contributed by atoms with Crippen LogP contribution in [0.2, 0.25) is 0 Å². The monoisotopic (exact) mass is 307 g/mol. The van der Waals surface area contributed by atoms with Crippen LogP contribution in [0.5, 0.6) is 5.75 Å². The highest BCUT2D eigenvalue weighted by molar-refractivity contribution is 7.13. The number of imidazole rings is 1. The first-order valence-electron chi connectivity index (χ1n) is 6.95. The molecule has 0 aliphatic carbocycles. The van der Waals surface area contributed by atoms with Crippen molar-refractivity contribution >= 4 is 22.5 Å². The predicted octanol–water partition coefficient (Wildman–Crippen LogP) is 4.27. The third kappa shape index (κ3) is 2.58. The van der Waals surface area contributed by atoms with Gasteiger partial charge in [-0.15, -0.1) is 11.3 Å². The molecule has 3 aromatic heterocycles. The summed E-state index contributed by atoms with van der Waals surface area (Å²) in [6.07, 6.45) is 1.86. The number of aromatic amines is 1. The standard InChI is InChI=1S/C17H13N3OS/c1-2-5-13(6-3-1)21-11-16-19-14-9-12(10-18-17(14)20-16)15-7-4-8-22-15/h1-10H,11H2,(H,18,19,20). The normalized spacial score (nSPS) is 10.9. The van der Waals surface area contributed by atoms with E-state index >= 15 is 0 Å². The van der Waals surface area contributed by atoms with E-state index in [-0.39, 0.29) is 0 Å². The lowest BCUT2D eigenvalue weighted by molar-refractivity contribution is 0.297. The molecule has 0 atom stereocenters. The average Bonchev–Trinajstić information content (AvgIpc) is 3.22. The van der Waals surface area contributed by atoms with E-state index in [1.54, 1.807) is 11.3 Å². The van der Waals surface area contributed by atoms with Gasteiger partial charge in [-0.1, -0.05) is 24.3 Å². The van der Waals surface area contributed by atoms with Crippen LogP contribution in [0.4, 0.5) is 0 Å². The maximum absolute atomic E-state index is 5.70. The quantitative estimate of drug-likeness (QED) is 0.612. The van der Waals surface area contributed by atoms with Crippen LogP contribution < -0.4 is 4.74 Å². The van der Waals surface area contributed by atoms with Gasteiger partial charge in [0.25, 0.3) is 0 Å². The third-order valence-electron chi connectivity index (χ3n) is 3.31. The Morgan fingerprint density at radius 2 is 2.00 bits per heavy atom. The van der Waals surface area contributed by atoms with Gasteiger partial charge in [-0.2, -0.15) is 0 Å². The number of nitrogens with one attached hydrogen (secondary N) is 1. The molecular weight excluding hydrogens is 294 g/mol. The molecule has 0 aliphatic heterocycles. The molecule has 1 N–H and O–H groups in total. The number of rotatable bonds is 4. The fraction of sp³-hybridized carbons (Fsp3) is 0.0588. The van der Waals surface area contributed by atoms with E-state index in [9.17, 15) is 0 Å². The van der Waals surface area contributed by atoms with Gasteiger partial charge in [0, 0.05) is 16.6 Å². The highest BCUT2D eigenvalue weighted by Gasteiger charge is 2.07. The van der Waals surface area contributed by atoms with Gasteiger partial charge in [-0.3, -0.25) is 0 Å². The van der Waals surface area contributed by atoms with Gasteiger partial charge >= 0.3 is 0 Å². The van der Waals surface area contributed by atoms with Crippen molar-refractivity contribution in [1.29, 1.82) is 0 Å². The number of aromatic nitrogens is 3. The Kier molecular flexibility index (Phi) is 3.33. The maximum Gasteiger partial charge on any atom is 0.177 e. The highest BCUT2D eigenvalue weighted by atomic mass is 32.1. The molecule has 0 spiro atoms. The molecule has 0 bridgehead atoms. The minimum absolute atomic E-state index is 0.398. The predicted molar refractivity (Wildman–Crippen MR) is 88.0 cm³/mol. The zero-order chi connectivity index (χ0) is 14.8. The van der Waals surface area contributed by atoms with Gasteiger partial charge in [0.2, 0.25) is 0 Å². The fourth-order valence-electron chi connectivity index (χ4n) is 2.26. The molecule has 108 valence electrons. The van der Waals surface area contributed by atoms with Gasteiger partial charge in [0.15, 0.2) is 5.65 Å². The van der Waals surface area contributed by atoms with Gasteiger partial charge in [0.1, 0.15) is 18.2 Å². The molecule has 4 rings (SSSR count). The van der Waals surface area contributed by atoms with Crippen molar-refractivity contribution in [2.75, 3.05) is 0 Å². The zero-order valence-corrected chi connectivity index (χ0v) is 12.5. The summed E-state index contributed by atoms with van der Waals surface area (Å²) in [6.45, 7) is 0.398. The molecule has 3 heterocycles. The lowest BCUT2D eigenvalue weighted by Gasteiger charge is -2.02. The number of fused-ring (bicyclic) bond motifs is 1. The Morgan fingerprint density at radius 3 is 2.82 bits per heavy atom. The SMILES string of the molecule is c1ccc(OCc2nc3ncc(-c4cccs4)cc3[nH]2)cc1.